The number of hydrogen-bond donors (Lipinski definition) is 0. The van der Waals surface area contributed by atoms with Crippen molar-refractivity contribution in [2.75, 3.05) is 53.0 Å². The number of rotatable bonds is 6. The zero-order valence-corrected chi connectivity index (χ0v) is 16.1. The first kappa shape index (κ1) is 18.8. The summed E-state index contributed by atoms with van der Waals surface area (Å²) < 4.78 is 32.4. The van der Waals surface area contributed by atoms with Crippen molar-refractivity contribution in [2.24, 2.45) is 0 Å². The molecule has 0 aromatic carbocycles. The molecule has 2 aliphatic heterocycles. The van der Waals surface area contributed by atoms with Crippen LogP contribution in [-0.4, -0.2) is 87.5 Å². The monoisotopic (exact) mass is 387 g/mol. The normalized spacial score (nSPS) is 24.0. The van der Waals surface area contributed by atoms with Gasteiger partial charge in [0.05, 0.1) is 12.6 Å². The first-order valence-electron chi connectivity index (χ1n) is 8.59. The van der Waals surface area contributed by atoms with Gasteiger partial charge >= 0.3 is 0 Å². The molecule has 2 aliphatic rings. The molecule has 0 aliphatic carbocycles. The largest absolute Gasteiger partial charge is 0.383 e. The number of amides is 1. The highest BCUT2D eigenvalue weighted by molar-refractivity contribution is 7.91. The Balaban J connectivity index is 1.62. The van der Waals surface area contributed by atoms with E-state index in [1.165, 1.54) is 11.3 Å². The van der Waals surface area contributed by atoms with Gasteiger partial charge in [0.25, 0.3) is 10.0 Å². The molecule has 7 nitrogen and oxygen atoms in total. The number of likely N-dealkylation sites (tertiary alicyclic amines) is 1. The van der Waals surface area contributed by atoms with Crippen molar-refractivity contribution in [1.29, 1.82) is 0 Å². The number of thiophene rings is 1. The molecule has 0 bridgehead atoms. The van der Waals surface area contributed by atoms with Crippen LogP contribution in [0.3, 0.4) is 0 Å². The molecule has 9 heteroatoms. The molecule has 0 unspecified atom stereocenters. The van der Waals surface area contributed by atoms with Crippen molar-refractivity contribution in [1.82, 2.24) is 14.1 Å². The van der Waals surface area contributed by atoms with E-state index >= 15 is 0 Å². The van der Waals surface area contributed by atoms with Gasteiger partial charge in [-0.05, 0) is 24.3 Å². The topological polar surface area (TPSA) is 70.2 Å². The third kappa shape index (κ3) is 4.06. The standard InChI is InChI=1S/C16H25N3O4S2/c1-23-12-11-18-8-5-14(16(18)20)17-6-3-7-19(10-9-17)25(21,22)15-4-2-13-24-15/h2,4,13-14H,3,5-12H2,1H3/t14-/m0/s1. The number of hydrogen-bond acceptors (Lipinski definition) is 6. The van der Waals surface area contributed by atoms with Gasteiger partial charge in [-0.1, -0.05) is 6.07 Å². The maximum Gasteiger partial charge on any atom is 0.252 e. The second-order valence-corrected chi connectivity index (χ2v) is 9.46. The van der Waals surface area contributed by atoms with Crippen LogP contribution in [0.2, 0.25) is 0 Å². The van der Waals surface area contributed by atoms with Crippen LogP contribution < -0.4 is 0 Å². The number of methoxy groups -OCH3 is 1. The molecule has 0 radical (unpaired) electrons. The fraction of sp³-hybridized carbons (Fsp3) is 0.688. The van der Waals surface area contributed by atoms with E-state index < -0.39 is 10.0 Å². The van der Waals surface area contributed by atoms with Crippen LogP contribution in [0.25, 0.3) is 0 Å². The molecule has 2 fully saturated rings. The molecule has 1 amide bonds. The van der Waals surface area contributed by atoms with E-state index in [9.17, 15) is 13.2 Å². The second-order valence-electron chi connectivity index (χ2n) is 6.35. The summed E-state index contributed by atoms with van der Waals surface area (Å²) in [6, 6.07) is 3.28. The lowest BCUT2D eigenvalue weighted by molar-refractivity contribution is -0.132. The van der Waals surface area contributed by atoms with E-state index in [-0.39, 0.29) is 11.9 Å². The predicted molar refractivity (Wildman–Crippen MR) is 96.1 cm³/mol. The van der Waals surface area contributed by atoms with Crippen molar-refractivity contribution in [3.63, 3.8) is 0 Å². The van der Waals surface area contributed by atoms with E-state index in [1.807, 2.05) is 4.90 Å². The lowest BCUT2D eigenvalue weighted by Crippen LogP contribution is -2.44. The highest BCUT2D eigenvalue weighted by atomic mass is 32.2. The summed E-state index contributed by atoms with van der Waals surface area (Å²) in [5.41, 5.74) is 0. The van der Waals surface area contributed by atoms with E-state index in [0.717, 1.165) is 25.9 Å². The Morgan fingerprint density at radius 1 is 1.24 bits per heavy atom. The smallest absolute Gasteiger partial charge is 0.252 e. The van der Waals surface area contributed by atoms with E-state index in [0.29, 0.717) is 37.0 Å². The summed E-state index contributed by atoms with van der Waals surface area (Å²) in [7, 11) is -1.78. The minimum absolute atomic E-state index is 0.124. The van der Waals surface area contributed by atoms with Gasteiger partial charge in [0, 0.05) is 46.4 Å². The molecule has 1 aromatic heterocycles. The first-order chi connectivity index (χ1) is 12.0. The zero-order valence-electron chi connectivity index (χ0n) is 14.5. The molecular weight excluding hydrogens is 362 g/mol. The molecule has 3 heterocycles. The van der Waals surface area contributed by atoms with Crippen molar-refractivity contribution < 1.29 is 17.9 Å². The molecule has 3 rings (SSSR count). The van der Waals surface area contributed by atoms with Gasteiger partial charge in [-0.25, -0.2) is 8.42 Å². The molecule has 1 atom stereocenters. The van der Waals surface area contributed by atoms with E-state index in [4.69, 9.17) is 4.74 Å². The number of carbonyl (C=O) groups excluding carboxylic acids is 1. The SMILES string of the molecule is COCCN1CC[C@H](N2CCCN(S(=O)(=O)c3cccs3)CC2)C1=O. The van der Waals surface area contributed by atoms with Crippen molar-refractivity contribution in [3.8, 4) is 0 Å². The Morgan fingerprint density at radius 2 is 2.08 bits per heavy atom. The predicted octanol–water partition coefficient (Wildman–Crippen LogP) is 0.692. The maximum atomic E-state index is 12.7. The number of ether oxygens (including phenoxy) is 1. The molecular formula is C16H25N3O4S2. The van der Waals surface area contributed by atoms with E-state index in [2.05, 4.69) is 4.90 Å². The fourth-order valence-corrected chi connectivity index (χ4v) is 6.10. The van der Waals surface area contributed by atoms with Gasteiger partial charge in [-0.3, -0.25) is 9.69 Å². The van der Waals surface area contributed by atoms with Crippen LogP contribution >= 0.6 is 11.3 Å². The van der Waals surface area contributed by atoms with Crippen LogP contribution in [0.5, 0.6) is 0 Å². The van der Waals surface area contributed by atoms with Crippen LogP contribution in [0.4, 0.5) is 0 Å². The summed E-state index contributed by atoms with van der Waals surface area (Å²) in [5.74, 6) is 0.145. The summed E-state index contributed by atoms with van der Waals surface area (Å²) >= 11 is 1.25. The minimum atomic E-state index is -3.41. The maximum absolute atomic E-state index is 12.7. The number of sulfonamides is 1. The van der Waals surface area contributed by atoms with Crippen LogP contribution in [0.15, 0.2) is 21.7 Å². The average Bonchev–Trinajstić information content (AvgIpc) is 3.18. The Labute approximate surface area is 153 Å². The van der Waals surface area contributed by atoms with Gasteiger partial charge in [-0.2, -0.15) is 4.31 Å². The second kappa shape index (κ2) is 8.13. The quantitative estimate of drug-likeness (QED) is 0.718. The van der Waals surface area contributed by atoms with Gasteiger partial charge in [0.15, 0.2) is 0 Å². The average molecular weight is 388 g/mol. The van der Waals surface area contributed by atoms with Crippen molar-refractivity contribution in [2.45, 2.75) is 23.1 Å². The molecule has 1 aromatic rings. The Hall–Kier alpha value is -1.00. The molecule has 0 N–H and O–H groups in total. The van der Waals surface area contributed by atoms with Crippen LogP contribution in [0, 0.1) is 0 Å². The lowest BCUT2D eigenvalue weighted by atomic mass is 10.2. The van der Waals surface area contributed by atoms with Crippen LogP contribution in [0.1, 0.15) is 12.8 Å². The van der Waals surface area contributed by atoms with Gasteiger partial charge in [-0.15, -0.1) is 11.3 Å². The van der Waals surface area contributed by atoms with Crippen LogP contribution in [-0.2, 0) is 19.6 Å². The summed E-state index contributed by atoms with van der Waals surface area (Å²) in [6.07, 6.45) is 1.55. The zero-order chi connectivity index (χ0) is 17.9. The van der Waals surface area contributed by atoms with Gasteiger partial charge in [0.1, 0.15) is 4.21 Å². The molecule has 0 saturated carbocycles. The highest BCUT2D eigenvalue weighted by Crippen LogP contribution is 2.24. The van der Waals surface area contributed by atoms with E-state index in [1.54, 1.807) is 28.9 Å². The molecule has 25 heavy (non-hydrogen) atoms. The third-order valence-corrected chi connectivity index (χ3v) is 8.13. The van der Waals surface area contributed by atoms with Gasteiger partial charge in [0.2, 0.25) is 5.91 Å². The number of carbonyl (C=O) groups is 1. The Morgan fingerprint density at radius 3 is 2.80 bits per heavy atom. The summed E-state index contributed by atoms with van der Waals surface area (Å²) in [4.78, 5) is 16.6. The highest BCUT2D eigenvalue weighted by Gasteiger charge is 2.37. The molecule has 0 spiro atoms. The Bertz CT molecular complexity index is 678. The first-order valence-corrected chi connectivity index (χ1v) is 10.9. The Kier molecular flexibility index (Phi) is 6.11. The molecule has 140 valence electrons. The third-order valence-electron chi connectivity index (χ3n) is 4.85. The van der Waals surface area contributed by atoms with Gasteiger partial charge < -0.3 is 9.64 Å². The molecule has 2 saturated heterocycles. The van der Waals surface area contributed by atoms with Crippen molar-refractivity contribution in [3.05, 3.63) is 17.5 Å². The fourth-order valence-electron chi connectivity index (χ4n) is 3.49. The minimum Gasteiger partial charge on any atom is -0.383 e. The summed E-state index contributed by atoms with van der Waals surface area (Å²) in [5, 5.41) is 1.78. The van der Waals surface area contributed by atoms with Crippen molar-refractivity contribution >= 4 is 27.3 Å². The summed E-state index contributed by atoms with van der Waals surface area (Å²) in [6.45, 7) is 4.21. The lowest BCUT2D eigenvalue weighted by Gasteiger charge is -2.26. The number of nitrogens with zero attached hydrogens (tertiary/aromatic N) is 3.